The molecule has 9 heteroatoms. The fourth-order valence-electron chi connectivity index (χ4n) is 2.37. The predicted molar refractivity (Wildman–Crippen MR) is 95.3 cm³/mol. The molecule has 0 atom stereocenters. The molecule has 2 aromatic heterocycles. The number of thiazole rings is 1. The molecule has 3 rings (SSSR count). The summed E-state index contributed by atoms with van der Waals surface area (Å²) in [4.78, 5) is 38.8. The minimum Gasteiger partial charge on any atom is -0.465 e. The zero-order chi connectivity index (χ0) is 18.7. The number of carbonyl (C=O) groups is 1. The van der Waals surface area contributed by atoms with Gasteiger partial charge < -0.3 is 9.30 Å². The molecule has 132 valence electrons. The summed E-state index contributed by atoms with van der Waals surface area (Å²) in [6.45, 7) is 0.00778. The molecule has 3 aromatic rings. The quantitative estimate of drug-likeness (QED) is 0.388. The summed E-state index contributed by atoms with van der Waals surface area (Å²) in [5.41, 5.74) is -0.0710. The summed E-state index contributed by atoms with van der Waals surface area (Å²) in [6, 6.07) is 10.4. The molecular formula is C17H13N3O5S. The Morgan fingerprint density at radius 2 is 2.08 bits per heavy atom. The Hall–Kier alpha value is -3.33. The largest absolute Gasteiger partial charge is 0.465 e. The molecule has 2 heterocycles. The first kappa shape index (κ1) is 17.5. The van der Waals surface area contributed by atoms with Crippen LogP contribution in [0.25, 0.3) is 10.6 Å². The van der Waals surface area contributed by atoms with Crippen LogP contribution in [0.5, 0.6) is 0 Å². The van der Waals surface area contributed by atoms with Gasteiger partial charge >= 0.3 is 17.2 Å². The van der Waals surface area contributed by atoms with E-state index in [0.717, 1.165) is 28.3 Å². The van der Waals surface area contributed by atoms with Crippen molar-refractivity contribution in [1.29, 1.82) is 0 Å². The minimum atomic E-state index is -0.818. The Balaban J connectivity index is 1.98. The van der Waals surface area contributed by atoms with Gasteiger partial charge in [-0.2, -0.15) is 0 Å². The highest BCUT2D eigenvalue weighted by molar-refractivity contribution is 7.13. The van der Waals surface area contributed by atoms with Gasteiger partial charge in [-0.05, 0) is 0 Å². The molecule has 0 N–H and O–H groups in total. The Morgan fingerprint density at radius 3 is 2.73 bits per heavy atom. The number of carbonyl (C=O) groups excluding carboxylic acids is 1. The molecule has 0 aliphatic heterocycles. The number of ether oxygens (including phenoxy) is 1. The second-order valence-corrected chi connectivity index (χ2v) is 6.16. The SMILES string of the molecule is COC(=O)c1cc([N+](=O)[O-])c(=O)n(Cc2csc(-c3ccccc3)n2)c1. The van der Waals surface area contributed by atoms with E-state index in [0.29, 0.717) is 5.69 Å². The topological polar surface area (TPSA) is 104 Å². The third kappa shape index (κ3) is 3.52. The molecule has 0 saturated heterocycles. The van der Waals surface area contributed by atoms with Gasteiger partial charge in [0.1, 0.15) is 5.01 Å². The lowest BCUT2D eigenvalue weighted by molar-refractivity contribution is -0.386. The van der Waals surface area contributed by atoms with Gasteiger partial charge in [-0.25, -0.2) is 9.78 Å². The monoisotopic (exact) mass is 371 g/mol. The average Bonchev–Trinajstić information content (AvgIpc) is 3.11. The summed E-state index contributed by atoms with van der Waals surface area (Å²) in [5, 5.41) is 13.6. The van der Waals surface area contributed by atoms with Crippen molar-refractivity contribution in [3.05, 3.63) is 79.7 Å². The van der Waals surface area contributed by atoms with Crippen molar-refractivity contribution in [2.75, 3.05) is 7.11 Å². The normalized spacial score (nSPS) is 10.5. The first-order chi connectivity index (χ1) is 12.5. The third-order valence-electron chi connectivity index (χ3n) is 3.59. The second kappa shape index (κ2) is 7.28. The molecule has 1 aromatic carbocycles. The van der Waals surface area contributed by atoms with Crippen molar-refractivity contribution in [2.45, 2.75) is 6.54 Å². The number of hydrogen-bond donors (Lipinski definition) is 0. The number of rotatable bonds is 5. The Morgan fingerprint density at radius 1 is 1.35 bits per heavy atom. The molecule has 26 heavy (non-hydrogen) atoms. The predicted octanol–water partition coefficient (Wildman–Crippen LogP) is 2.71. The van der Waals surface area contributed by atoms with Crippen LogP contribution in [0.4, 0.5) is 5.69 Å². The summed E-state index contributed by atoms with van der Waals surface area (Å²) in [5.74, 6) is -0.759. The van der Waals surface area contributed by atoms with Gasteiger partial charge in [0.25, 0.3) is 0 Å². The molecule has 8 nitrogen and oxygen atoms in total. The number of methoxy groups -OCH3 is 1. The summed E-state index contributed by atoms with van der Waals surface area (Å²) >= 11 is 1.40. The third-order valence-corrected chi connectivity index (χ3v) is 4.53. The Labute approximate surface area is 151 Å². The first-order valence-corrected chi connectivity index (χ1v) is 8.34. The number of aromatic nitrogens is 2. The van der Waals surface area contributed by atoms with Gasteiger partial charge in [0, 0.05) is 23.2 Å². The zero-order valence-electron chi connectivity index (χ0n) is 13.6. The molecule has 0 aliphatic rings. The van der Waals surface area contributed by atoms with E-state index >= 15 is 0 Å². The minimum absolute atomic E-state index is 0.00778. The number of benzene rings is 1. The van der Waals surface area contributed by atoms with Crippen LogP contribution in [0, 0.1) is 10.1 Å². The van der Waals surface area contributed by atoms with E-state index in [2.05, 4.69) is 9.72 Å². The fraction of sp³-hybridized carbons (Fsp3) is 0.118. The maximum atomic E-state index is 12.3. The van der Waals surface area contributed by atoms with E-state index in [1.807, 2.05) is 30.3 Å². The molecule has 0 saturated carbocycles. The highest BCUT2D eigenvalue weighted by Crippen LogP contribution is 2.23. The van der Waals surface area contributed by atoms with Gasteiger partial charge in [0.15, 0.2) is 0 Å². The number of pyridine rings is 1. The number of hydrogen-bond acceptors (Lipinski definition) is 7. The van der Waals surface area contributed by atoms with E-state index in [-0.39, 0.29) is 12.1 Å². The standard InChI is InChI=1S/C17H13N3O5S/c1-25-17(22)12-7-14(20(23)24)16(21)19(8-12)9-13-10-26-15(18-13)11-5-3-2-4-6-11/h2-8,10H,9H2,1H3. The lowest BCUT2D eigenvalue weighted by Gasteiger charge is -2.06. The molecule has 0 fully saturated rings. The van der Waals surface area contributed by atoms with Crippen LogP contribution in [-0.4, -0.2) is 27.6 Å². The van der Waals surface area contributed by atoms with Crippen LogP contribution < -0.4 is 5.56 Å². The molecule has 0 amide bonds. The summed E-state index contributed by atoms with van der Waals surface area (Å²) in [7, 11) is 1.16. The van der Waals surface area contributed by atoms with Gasteiger partial charge in [-0.1, -0.05) is 30.3 Å². The first-order valence-electron chi connectivity index (χ1n) is 7.46. The highest BCUT2D eigenvalue weighted by atomic mass is 32.1. The van der Waals surface area contributed by atoms with Gasteiger partial charge in [0.2, 0.25) is 0 Å². The summed E-state index contributed by atoms with van der Waals surface area (Å²) < 4.78 is 5.68. The van der Waals surface area contributed by atoms with Crippen LogP contribution in [0.15, 0.2) is 52.8 Å². The van der Waals surface area contributed by atoms with Crippen molar-refractivity contribution >= 4 is 23.0 Å². The zero-order valence-corrected chi connectivity index (χ0v) is 14.4. The fourth-order valence-corrected chi connectivity index (χ4v) is 3.18. The summed E-state index contributed by atoms with van der Waals surface area (Å²) in [6.07, 6.45) is 1.24. The number of nitrogens with zero attached hydrogens (tertiary/aromatic N) is 3. The lowest BCUT2D eigenvalue weighted by Crippen LogP contribution is -2.24. The van der Waals surface area contributed by atoms with Crippen LogP contribution >= 0.6 is 11.3 Å². The average molecular weight is 371 g/mol. The molecule has 0 aliphatic carbocycles. The van der Waals surface area contributed by atoms with Crippen molar-refractivity contribution < 1.29 is 14.5 Å². The highest BCUT2D eigenvalue weighted by Gasteiger charge is 2.20. The van der Waals surface area contributed by atoms with Gasteiger partial charge in [-0.15, -0.1) is 11.3 Å². The van der Waals surface area contributed by atoms with Crippen molar-refractivity contribution in [3.8, 4) is 10.6 Å². The maximum absolute atomic E-state index is 12.3. The van der Waals surface area contributed by atoms with E-state index in [4.69, 9.17) is 0 Å². The number of nitro groups is 1. The Bertz CT molecular complexity index is 1030. The van der Waals surface area contributed by atoms with Crippen LogP contribution in [0.2, 0.25) is 0 Å². The second-order valence-electron chi connectivity index (χ2n) is 5.31. The molecule has 0 spiro atoms. The van der Waals surface area contributed by atoms with Crippen LogP contribution in [0.1, 0.15) is 16.1 Å². The van der Waals surface area contributed by atoms with Crippen LogP contribution in [0.3, 0.4) is 0 Å². The maximum Gasteiger partial charge on any atom is 0.339 e. The molecular weight excluding hydrogens is 358 g/mol. The van der Waals surface area contributed by atoms with Crippen LogP contribution in [-0.2, 0) is 11.3 Å². The molecule has 0 radical (unpaired) electrons. The van der Waals surface area contributed by atoms with E-state index in [9.17, 15) is 19.7 Å². The molecule has 0 bridgehead atoms. The van der Waals surface area contributed by atoms with E-state index < -0.39 is 22.1 Å². The Kier molecular flexibility index (Phi) is 4.90. The van der Waals surface area contributed by atoms with E-state index in [1.54, 1.807) is 5.38 Å². The van der Waals surface area contributed by atoms with Crippen molar-refractivity contribution in [1.82, 2.24) is 9.55 Å². The van der Waals surface area contributed by atoms with Gasteiger partial charge in [0.05, 0.1) is 29.8 Å². The van der Waals surface area contributed by atoms with Crippen molar-refractivity contribution in [3.63, 3.8) is 0 Å². The van der Waals surface area contributed by atoms with Crippen molar-refractivity contribution in [2.24, 2.45) is 0 Å². The smallest absolute Gasteiger partial charge is 0.339 e. The van der Waals surface area contributed by atoms with E-state index in [1.165, 1.54) is 17.5 Å². The molecule has 0 unspecified atom stereocenters. The van der Waals surface area contributed by atoms with Gasteiger partial charge in [-0.3, -0.25) is 14.9 Å². The number of esters is 1. The lowest BCUT2D eigenvalue weighted by atomic mass is 10.2.